The van der Waals surface area contributed by atoms with Gasteiger partial charge in [0.1, 0.15) is 0 Å². The molecule has 68 valence electrons. The van der Waals surface area contributed by atoms with Gasteiger partial charge in [-0.1, -0.05) is 6.92 Å². The molecule has 1 aromatic rings. The highest BCUT2D eigenvalue weighted by molar-refractivity contribution is 7.11. The minimum Gasteiger partial charge on any atom is -0.330 e. The number of nitrogens with zero attached hydrogens (tertiary/aromatic N) is 1. The Bertz CT molecular complexity index is 220. The van der Waals surface area contributed by atoms with E-state index in [-0.39, 0.29) is 0 Å². The summed E-state index contributed by atoms with van der Waals surface area (Å²) >= 11 is 1.83. The maximum Gasteiger partial charge on any atom is 0.0927 e. The van der Waals surface area contributed by atoms with E-state index in [0.717, 1.165) is 25.8 Å². The number of aryl methyl sites for hydroxylation is 2. The summed E-state index contributed by atoms with van der Waals surface area (Å²) < 4.78 is 0. The second-order valence-electron chi connectivity index (χ2n) is 2.86. The molecule has 2 N–H and O–H groups in total. The Labute approximate surface area is 77.8 Å². The van der Waals surface area contributed by atoms with Crippen molar-refractivity contribution in [1.29, 1.82) is 0 Å². The summed E-state index contributed by atoms with van der Waals surface area (Å²) in [5, 5.41) is 1.27. The van der Waals surface area contributed by atoms with Crippen molar-refractivity contribution in [2.45, 2.75) is 32.6 Å². The van der Waals surface area contributed by atoms with Gasteiger partial charge in [-0.3, -0.25) is 0 Å². The first kappa shape index (κ1) is 9.68. The quantitative estimate of drug-likeness (QED) is 0.760. The lowest BCUT2D eigenvalue weighted by Crippen LogP contribution is -1.99. The third kappa shape index (κ3) is 2.91. The zero-order valence-corrected chi connectivity index (χ0v) is 8.36. The van der Waals surface area contributed by atoms with Gasteiger partial charge in [0.25, 0.3) is 0 Å². The fraction of sp³-hybridized carbons (Fsp3) is 0.667. The number of hydrogen-bond acceptors (Lipinski definition) is 3. The Hall–Kier alpha value is -0.410. The Kier molecular flexibility index (Phi) is 4.25. The lowest BCUT2D eigenvalue weighted by Gasteiger charge is -1.91. The van der Waals surface area contributed by atoms with E-state index < -0.39 is 0 Å². The lowest BCUT2D eigenvalue weighted by molar-refractivity contribution is 0.841. The van der Waals surface area contributed by atoms with Crippen molar-refractivity contribution < 1.29 is 0 Å². The number of hydrogen-bond donors (Lipinski definition) is 1. The van der Waals surface area contributed by atoms with E-state index in [2.05, 4.69) is 11.9 Å². The topological polar surface area (TPSA) is 38.9 Å². The number of rotatable bonds is 5. The molecule has 0 fully saturated rings. The number of nitrogens with two attached hydrogens (primary N) is 1. The normalized spacial score (nSPS) is 10.5. The van der Waals surface area contributed by atoms with Crippen LogP contribution in [0.2, 0.25) is 0 Å². The van der Waals surface area contributed by atoms with Gasteiger partial charge in [0, 0.05) is 11.1 Å². The predicted octanol–water partition coefficient (Wildman–Crippen LogP) is 1.99. The standard InChI is InChI=1S/C9H16N2S/c1-2-4-9-11-7-8(12-9)5-3-6-10/h7H,2-6,10H2,1H3. The number of thiazole rings is 1. The van der Waals surface area contributed by atoms with E-state index in [4.69, 9.17) is 5.73 Å². The molecule has 0 atom stereocenters. The molecule has 3 heteroatoms. The number of aromatic nitrogens is 1. The Morgan fingerprint density at radius 2 is 2.33 bits per heavy atom. The second-order valence-corrected chi connectivity index (χ2v) is 4.06. The van der Waals surface area contributed by atoms with Gasteiger partial charge in [-0.2, -0.15) is 0 Å². The summed E-state index contributed by atoms with van der Waals surface area (Å²) in [6.07, 6.45) is 6.47. The van der Waals surface area contributed by atoms with Crippen molar-refractivity contribution in [3.8, 4) is 0 Å². The summed E-state index contributed by atoms with van der Waals surface area (Å²) in [6, 6.07) is 0. The van der Waals surface area contributed by atoms with E-state index in [1.807, 2.05) is 17.5 Å². The zero-order valence-electron chi connectivity index (χ0n) is 7.55. The highest BCUT2D eigenvalue weighted by Gasteiger charge is 1.99. The molecule has 0 radical (unpaired) electrons. The van der Waals surface area contributed by atoms with Crippen LogP contribution in [0.15, 0.2) is 6.20 Å². The monoisotopic (exact) mass is 184 g/mol. The summed E-state index contributed by atoms with van der Waals surface area (Å²) in [7, 11) is 0. The van der Waals surface area contributed by atoms with Crippen LogP contribution in [0.25, 0.3) is 0 Å². The molecule has 0 aliphatic carbocycles. The van der Waals surface area contributed by atoms with Gasteiger partial charge >= 0.3 is 0 Å². The van der Waals surface area contributed by atoms with Crippen LogP contribution in [0.1, 0.15) is 29.7 Å². The van der Waals surface area contributed by atoms with Gasteiger partial charge < -0.3 is 5.73 Å². The third-order valence-electron chi connectivity index (χ3n) is 1.69. The molecule has 0 unspecified atom stereocenters. The maximum atomic E-state index is 5.43. The molecule has 0 aromatic carbocycles. The van der Waals surface area contributed by atoms with Crippen molar-refractivity contribution in [3.05, 3.63) is 16.1 Å². The summed E-state index contributed by atoms with van der Waals surface area (Å²) in [4.78, 5) is 5.72. The molecule has 0 aliphatic rings. The molecule has 0 spiro atoms. The van der Waals surface area contributed by atoms with Gasteiger partial charge in [-0.05, 0) is 32.2 Å². The molecule has 1 rings (SSSR count). The Balaban J connectivity index is 2.41. The first-order chi connectivity index (χ1) is 5.86. The highest BCUT2D eigenvalue weighted by Crippen LogP contribution is 2.15. The highest BCUT2D eigenvalue weighted by atomic mass is 32.1. The van der Waals surface area contributed by atoms with E-state index in [1.165, 1.54) is 16.3 Å². The van der Waals surface area contributed by atoms with Crippen LogP contribution in [-0.2, 0) is 12.8 Å². The smallest absolute Gasteiger partial charge is 0.0927 e. The molecular formula is C9H16N2S. The van der Waals surface area contributed by atoms with Gasteiger partial charge in [0.2, 0.25) is 0 Å². The van der Waals surface area contributed by atoms with Gasteiger partial charge in [0.05, 0.1) is 5.01 Å². The summed E-state index contributed by atoms with van der Waals surface area (Å²) in [5.74, 6) is 0. The third-order valence-corrected chi connectivity index (χ3v) is 2.81. The van der Waals surface area contributed by atoms with Crippen LogP contribution >= 0.6 is 11.3 Å². The molecule has 1 aromatic heterocycles. The summed E-state index contributed by atoms with van der Waals surface area (Å²) in [6.45, 7) is 2.96. The fourth-order valence-electron chi connectivity index (χ4n) is 1.07. The van der Waals surface area contributed by atoms with Crippen LogP contribution in [-0.4, -0.2) is 11.5 Å². The largest absolute Gasteiger partial charge is 0.330 e. The van der Waals surface area contributed by atoms with Crippen LogP contribution in [0.3, 0.4) is 0 Å². The van der Waals surface area contributed by atoms with Gasteiger partial charge in [-0.25, -0.2) is 4.98 Å². The molecule has 2 nitrogen and oxygen atoms in total. The minimum absolute atomic E-state index is 0.779. The average molecular weight is 184 g/mol. The SMILES string of the molecule is CCCc1ncc(CCCN)s1. The Morgan fingerprint density at radius 3 is 3.00 bits per heavy atom. The zero-order chi connectivity index (χ0) is 8.81. The first-order valence-electron chi connectivity index (χ1n) is 4.50. The molecule has 0 saturated carbocycles. The van der Waals surface area contributed by atoms with Crippen molar-refractivity contribution in [2.75, 3.05) is 6.54 Å². The van der Waals surface area contributed by atoms with E-state index in [0.29, 0.717) is 0 Å². The first-order valence-corrected chi connectivity index (χ1v) is 5.32. The van der Waals surface area contributed by atoms with Crippen molar-refractivity contribution in [3.63, 3.8) is 0 Å². The summed E-state index contributed by atoms with van der Waals surface area (Å²) in [5.41, 5.74) is 5.43. The molecule has 0 saturated heterocycles. The van der Waals surface area contributed by atoms with E-state index in [9.17, 15) is 0 Å². The molecule has 12 heavy (non-hydrogen) atoms. The van der Waals surface area contributed by atoms with Crippen molar-refractivity contribution in [1.82, 2.24) is 4.98 Å². The van der Waals surface area contributed by atoms with Gasteiger partial charge in [-0.15, -0.1) is 11.3 Å². The molecule has 0 bridgehead atoms. The van der Waals surface area contributed by atoms with Crippen molar-refractivity contribution >= 4 is 11.3 Å². The molecule has 0 aliphatic heterocycles. The molecular weight excluding hydrogens is 168 g/mol. The van der Waals surface area contributed by atoms with Crippen LogP contribution in [0.5, 0.6) is 0 Å². The fourth-order valence-corrected chi connectivity index (χ4v) is 2.14. The maximum absolute atomic E-state index is 5.43. The predicted molar refractivity (Wildman–Crippen MR) is 53.5 cm³/mol. The Morgan fingerprint density at radius 1 is 1.50 bits per heavy atom. The van der Waals surface area contributed by atoms with E-state index in [1.54, 1.807) is 0 Å². The minimum atomic E-state index is 0.779. The average Bonchev–Trinajstić information content (AvgIpc) is 2.50. The molecule has 1 heterocycles. The van der Waals surface area contributed by atoms with Crippen LogP contribution in [0, 0.1) is 0 Å². The van der Waals surface area contributed by atoms with Crippen LogP contribution in [0.4, 0.5) is 0 Å². The molecule has 0 amide bonds. The second kappa shape index (κ2) is 5.27. The van der Waals surface area contributed by atoms with Crippen molar-refractivity contribution in [2.24, 2.45) is 5.73 Å². The van der Waals surface area contributed by atoms with Gasteiger partial charge in [0.15, 0.2) is 0 Å². The lowest BCUT2D eigenvalue weighted by atomic mass is 10.3. The van der Waals surface area contributed by atoms with Crippen LogP contribution < -0.4 is 5.73 Å². The van der Waals surface area contributed by atoms with E-state index >= 15 is 0 Å².